The van der Waals surface area contributed by atoms with E-state index in [0.717, 1.165) is 0 Å². The average Bonchev–Trinajstić information content (AvgIpc) is 2.38. The molecule has 0 saturated carbocycles. The van der Waals surface area contributed by atoms with Crippen molar-refractivity contribution in [3.8, 4) is 0 Å². The highest BCUT2D eigenvalue weighted by molar-refractivity contribution is 5.99. The number of urea groups is 1. The van der Waals surface area contributed by atoms with Gasteiger partial charge in [-0.1, -0.05) is 18.2 Å². The van der Waals surface area contributed by atoms with E-state index < -0.39 is 11.8 Å². The average molecular weight is 260 g/mol. The van der Waals surface area contributed by atoms with Crippen LogP contribution in [-0.4, -0.2) is 11.1 Å². The van der Waals surface area contributed by atoms with Crippen molar-refractivity contribution in [2.24, 2.45) is 0 Å². The number of anilines is 2. The summed E-state index contributed by atoms with van der Waals surface area (Å²) < 4.78 is 12.9. The molecular weight excluding hydrogens is 247 g/mol. The minimum absolute atomic E-state index is 0.0962. The highest BCUT2D eigenvalue weighted by Crippen LogP contribution is 2.12. The Kier molecular flexibility index (Phi) is 4.10. The standard InChI is InChI=1S/C14H13FN2O2/c15-11-4-2-6-13(8-11)17-14(19)16-12-5-1-3-10(7-12)9-18/h1-8,18H,9H2,(H2,16,17,19). The fourth-order valence-electron chi connectivity index (χ4n) is 1.61. The summed E-state index contributed by atoms with van der Waals surface area (Å²) in [5.74, 6) is -0.417. The van der Waals surface area contributed by atoms with Crippen LogP contribution in [0.4, 0.5) is 20.6 Å². The van der Waals surface area contributed by atoms with Gasteiger partial charge in [-0.2, -0.15) is 0 Å². The van der Waals surface area contributed by atoms with E-state index in [1.807, 2.05) is 0 Å². The van der Waals surface area contributed by atoms with Gasteiger partial charge in [0.1, 0.15) is 5.82 Å². The topological polar surface area (TPSA) is 61.4 Å². The lowest BCUT2D eigenvalue weighted by Gasteiger charge is -2.08. The first-order valence-electron chi connectivity index (χ1n) is 5.71. The second kappa shape index (κ2) is 5.97. The third-order valence-electron chi connectivity index (χ3n) is 2.45. The molecule has 5 heteroatoms. The number of hydrogen-bond donors (Lipinski definition) is 3. The minimum atomic E-state index is -0.472. The van der Waals surface area contributed by atoms with E-state index in [-0.39, 0.29) is 6.61 Å². The van der Waals surface area contributed by atoms with Crippen molar-refractivity contribution in [3.63, 3.8) is 0 Å². The van der Waals surface area contributed by atoms with Crippen LogP contribution in [0.2, 0.25) is 0 Å². The van der Waals surface area contributed by atoms with E-state index in [1.54, 1.807) is 30.3 Å². The number of hydrogen-bond acceptors (Lipinski definition) is 2. The normalized spacial score (nSPS) is 10.0. The van der Waals surface area contributed by atoms with Crippen LogP contribution in [0.1, 0.15) is 5.56 Å². The smallest absolute Gasteiger partial charge is 0.323 e. The molecule has 4 nitrogen and oxygen atoms in total. The number of carbonyl (C=O) groups is 1. The molecule has 2 aromatic carbocycles. The third kappa shape index (κ3) is 3.79. The summed E-state index contributed by atoms with van der Waals surface area (Å²) in [6.07, 6.45) is 0. The van der Waals surface area contributed by atoms with Crippen molar-refractivity contribution in [1.29, 1.82) is 0 Å². The second-order valence-electron chi connectivity index (χ2n) is 3.95. The monoisotopic (exact) mass is 260 g/mol. The lowest BCUT2D eigenvalue weighted by molar-refractivity contribution is 0.262. The third-order valence-corrected chi connectivity index (χ3v) is 2.45. The van der Waals surface area contributed by atoms with Gasteiger partial charge in [-0.15, -0.1) is 0 Å². The van der Waals surface area contributed by atoms with Crippen molar-refractivity contribution < 1.29 is 14.3 Å². The van der Waals surface area contributed by atoms with Crippen LogP contribution in [0.5, 0.6) is 0 Å². The molecule has 98 valence electrons. The Morgan fingerprint density at radius 2 is 1.68 bits per heavy atom. The van der Waals surface area contributed by atoms with Gasteiger partial charge in [0.2, 0.25) is 0 Å². The van der Waals surface area contributed by atoms with Gasteiger partial charge in [-0.25, -0.2) is 9.18 Å². The van der Waals surface area contributed by atoms with Gasteiger partial charge in [0, 0.05) is 11.4 Å². The molecular formula is C14H13FN2O2. The number of aliphatic hydroxyl groups excluding tert-OH is 1. The molecule has 0 aliphatic heterocycles. The molecule has 2 aromatic rings. The minimum Gasteiger partial charge on any atom is -0.392 e. The molecule has 2 amide bonds. The Hall–Kier alpha value is -2.40. The largest absolute Gasteiger partial charge is 0.392 e. The first kappa shape index (κ1) is 13.0. The molecule has 2 rings (SSSR count). The summed E-state index contributed by atoms with van der Waals surface area (Å²) in [7, 11) is 0. The van der Waals surface area contributed by atoms with Crippen LogP contribution in [0, 0.1) is 5.82 Å². The maximum atomic E-state index is 12.9. The maximum Gasteiger partial charge on any atom is 0.323 e. The van der Waals surface area contributed by atoms with Crippen molar-refractivity contribution in [3.05, 3.63) is 59.9 Å². The Labute approximate surface area is 109 Å². The Morgan fingerprint density at radius 1 is 1.05 bits per heavy atom. The molecule has 0 heterocycles. The summed E-state index contributed by atoms with van der Waals surface area (Å²) >= 11 is 0. The summed E-state index contributed by atoms with van der Waals surface area (Å²) in [6, 6.07) is 12.0. The van der Waals surface area contributed by atoms with Crippen molar-refractivity contribution in [2.75, 3.05) is 10.6 Å². The lowest BCUT2D eigenvalue weighted by Crippen LogP contribution is -2.19. The molecule has 0 radical (unpaired) electrons. The van der Waals surface area contributed by atoms with E-state index in [4.69, 9.17) is 5.11 Å². The van der Waals surface area contributed by atoms with Gasteiger partial charge >= 0.3 is 6.03 Å². The number of amides is 2. The first-order chi connectivity index (χ1) is 9.17. The highest BCUT2D eigenvalue weighted by Gasteiger charge is 2.03. The first-order valence-corrected chi connectivity index (χ1v) is 5.71. The summed E-state index contributed by atoms with van der Waals surface area (Å²) in [5, 5.41) is 14.1. The van der Waals surface area contributed by atoms with Gasteiger partial charge in [0.25, 0.3) is 0 Å². The predicted octanol–water partition coefficient (Wildman–Crippen LogP) is 2.96. The Balaban J connectivity index is 2.01. The van der Waals surface area contributed by atoms with Crippen LogP contribution < -0.4 is 10.6 Å². The number of benzene rings is 2. The van der Waals surface area contributed by atoms with Crippen LogP contribution in [0.25, 0.3) is 0 Å². The Bertz CT molecular complexity index is 587. The van der Waals surface area contributed by atoms with E-state index in [9.17, 15) is 9.18 Å². The lowest BCUT2D eigenvalue weighted by atomic mass is 10.2. The number of halogens is 1. The zero-order valence-electron chi connectivity index (χ0n) is 10.1. The van der Waals surface area contributed by atoms with Gasteiger partial charge in [-0.3, -0.25) is 0 Å². The highest BCUT2D eigenvalue weighted by atomic mass is 19.1. The zero-order chi connectivity index (χ0) is 13.7. The summed E-state index contributed by atoms with van der Waals surface area (Å²) in [6.45, 7) is -0.0962. The quantitative estimate of drug-likeness (QED) is 0.794. The number of aliphatic hydroxyl groups is 1. The fourth-order valence-corrected chi connectivity index (χ4v) is 1.61. The number of nitrogens with one attached hydrogen (secondary N) is 2. The van der Waals surface area contributed by atoms with E-state index in [1.165, 1.54) is 18.2 Å². The molecule has 19 heavy (non-hydrogen) atoms. The zero-order valence-corrected chi connectivity index (χ0v) is 10.1. The molecule has 0 atom stereocenters. The number of rotatable bonds is 3. The Morgan fingerprint density at radius 3 is 2.32 bits per heavy atom. The molecule has 0 unspecified atom stereocenters. The maximum absolute atomic E-state index is 12.9. The van der Waals surface area contributed by atoms with Crippen LogP contribution >= 0.6 is 0 Å². The van der Waals surface area contributed by atoms with Gasteiger partial charge in [-0.05, 0) is 35.9 Å². The predicted molar refractivity (Wildman–Crippen MR) is 71.4 cm³/mol. The fraction of sp³-hybridized carbons (Fsp3) is 0.0714. The van der Waals surface area contributed by atoms with E-state index in [2.05, 4.69) is 10.6 Å². The summed E-state index contributed by atoms with van der Waals surface area (Å²) in [5.41, 5.74) is 1.62. The molecule has 0 saturated heterocycles. The molecule has 0 aromatic heterocycles. The van der Waals surface area contributed by atoms with Gasteiger partial charge in [0.15, 0.2) is 0 Å². The van der Waals surface area contributed by atoms with E-state index >= 15 is 0 Å². The molecule has 0 aliphatic carbocycles. The van der Waals surface area contributed by atoms with Crippen LogP contribution in [-0.2, 0) is 6.61 Å². The molecule has 0 spiro atoms. The van der Waals surface area contributed by atoms with Crippen molar-refractivity contribution in [1.82, 2.24) is 0 Å². The second-order valence-corrected chi connectivity index (χ2v) is 3.95. The number of carbonyl (C=O) groups excluding carboxylic acids is 1. The molecule has 3 N–H and O–H groups in total. The van der Waals surface area contributed by atoms with Gasteiger partial charge in [0.05, 0.1) is 6.61 Å². The van der Waals surface area contributed by atoms with Crippen LogP contribution in [0.3, 0.4) is 0 Å². The van der Waals surface area contributed by atoms with Crippen molar-refractivity contribution >= 4 is 17.4 Å². The van der Waals surface area contributed by atoms with Crippen LogP contribution in [0.15, 0.2) is 48.5 Å². The van der Waals surface area contributed by atoms with E-state index in [0.29, 0.717) is 16.9 Å². The van der Waals surface area contributed by atoms with Gasteiger partial charge < -0.3 is 15.7 Å². The molecule has 0 fully saturated rings. The molecule has 0 bridgehead atoms. The molecule has 0 aliphatic rings. The van der Waals surface area contributed by atoms with Crippen molar-refractivity contribution in [2.45, 2.75) is 6.61 Å². The SMILES string of the molecule is O=C(Nc1cccc(F)c1)Nc1cccc(CO)c1. The summed E-state index contributed by atoms with van der Waals surface area (Å²) in [4.78, 5) is 11.7.